The van der Waals surface area contributed by atoms with Crippen molar-refractivity contribution in [3.05, 3.63) is 164 Å². The molecule has 7 aromatic carbocycles. The zero-order valence-electron chi connectivity index (χ0n) is 27.6. The molecule has 0 aliphatic carbocycles. The molecule has 52 heavy (non-hydrogen) atoms. The molecule has 0 unspecified atom stereocenters. The Morgan fingerprint density at radius 2 is 0.846 bits per heavy atom. The third-order valence-corrected chi connectivity index (χ3v) is 11.6. The molecule has 0 amide bonds. The molecular weight excluding hydrogens is 663 g/mol. The van der Waals surface area contributed by atoms with E-state index >= 15 is 0 Å². The Kier molecular flexibility index (Phi) is 6.78. The zero-order chi connectivity index (χ0) is 34.8. The highest BCUT2D eigenvalue weighted by Crippen LogP contribution is 2.47. The molecule has 7 heteroatoms. The number of hydrogen-bond acceptors (Lipinski definition) is 6. The van der Waals surface area contributed by atoms with Gasteiger partial charge in [0.2, 0.25) is 9.84 Å². The van der Waals surface area contributed by atoms with E-state index in [9.17, 15) is 8.42 Å². The fraction of sp³-hybridized carbons (Fsp3) is 0. The molecule has 10 rings (SSSR count). The molecule has 0 atom stereocenters. The molecule has 0 spiro atoms. The molecule has 0 fully saturated rings. The third kappa shape index (κ3) is 4.78. The summed E-state index contributed by atoms with van der Waals surface area (Å²) in [5.74, 6) is 1.65. The number of fused-ring (bicyclic) bond motifs is 6. The Labute approximate surface area is 299 Å². The van der Waals surface area contributed by atoms with Gasteiger partial charge in [-0.2, -0.15) is 0 Å². The van der Waals surface area contributed by atoms with Gasteiger partial charge in [0, 0.05) is 38.6 Å². The first kappa shape index (κ1) is 30.2. The van der Waals surface area contributed by atoms with Gasteiger partial charge in [-0.1, -0.05) is 133 Å². The van der Waals surface area contributed by atoms with Gasteiger partial charge in [0.1, 0.15) is 11.2 Å². The van der Waals surface area contributed by atoms with Crippen molar-refractivity contribution in [1.82, 2.24) is 15.0 Å². The van der Waals surface area contributed by atoms with Crippen LogP contribution in [0.25, 0.3) is 89.5 Å². The number of hydrogen-bond donors (Lipinski definition) is 0. The maximum Gasteiger partial charge on any atom is 0.207 e. The van der Waals surface area contributed by atoms with Gasteiger partial charge in [-0.05, 0) is 52.6 Å². The summed E-state index contributed by atoms with van der Waals surface area (Å²) in [6.45, 7) is 0. The smallest absolute Gasteiger partial charge is 0.207 e. The second-order valence-electron chi connectivity index (χ2n) is 12.8. The minimum absolute atomic E-state index is 0.324. The lowest BCUT2D eigenvalue weighted by atomic mass is 9.94. The molecular formula is C45H27N3O3S. The Bertz CT molecular complexity index is 2960. The summed E-state index contributed by atoms with van der Waals surface area (Å²) in [6, 6.07) is 53.1. The Morgan fingerprint density at radius 1 is 0.365 bits per heavy atom. The first-order valence-corrected chi connectivity index (χ1v) is 18.4. The van der Waals surface area contributed by atoms with Gasteiger partial charge in [-0.15, -0.1) is 0 Å². The van der Waals surface area contributed by atoms with Crippen LogP contribution in [0.3, 0.4) is 0 Å². The highest BCUT2D eigenvalue weighted by Gasteiger charge is 2.33. The summed E-state index contributed by atoms with van der Waals surface area (Å²) in [5.41, 5.74) is 9.43. The molecule has 0 N–H and O–H groups in total. The van der Waals surface area contributed by atoms with Crippen LogP contribution in [-0.4, -0.2) is 23.4 Å². The van der Waals surface area contributed by atoms with Crippen LogP contribution in [0.5, 0.6) is 0 Å². The molecule has 0 radical (unpaired) electrons. The van der Waals surface area contributed by atoms with Crippen molar-refractivity contribution in [3.63, 3.8) is 0 Å². The number of benzene rings is 7. The first-order chi connectivity index (χ1) is 25.5. The summed E-state index contributed by atoms with van der Waals surface area (Å²) >= 11 is 0. The Balaban J connectivity index is 1.17. The quantitative estimate of drug-likeness (QED) is 0.179. The van der Waals surface area contributed by atoms with Crippen molar-refractivity contribution < 1.29 is 12.8 Å². The number of rotatable bonds is 5. The van der Waals surface area contributed by atoms with Crippen LogP contribution in [0.15, 0.2) is 178 Å². The van der Waals surface area contributed by atoms with E-state index in [1.165, 1.54) is 0 Å². The molecule has 0 bridgehead atoms. The van der Waals surface area contributed by atoms with Crippen LogP contribution < -0.4 is 0 Å². The van der Waals surface area contributed by atoms with E-state index < -0.39 is 9.84 Å². The maximum atomic E-state index is 13.4. The van der Waals surface area contributed by atoms with Crippen molar-refractivity contribution in [3.8, 4) is 67.5 Å². The highest BCUT2D eigenvalue weighted by atomic mass is 32.2. The minimum Gasteiger partial charge on any atom is -0.456 e. The fourth-order valence-corrected chi connectivity index (χ4v) is 8.93. The van der Waals surface area contributed by atoms with E-state index in [1.54, 1.807) is 18.2 Å². The van der Waals surface area contributed by atoms with Crippen LogP contribution in [0.1, 0.15) is 0 Å². The molecule has 1 aliphatic heterocycles. The minimum atomic E-state index is -3.58. The molecule has 9 aromatic rings. The lowest BCUT2D eigenvalue weighted by Gasteiger charge is -2.11. The predicted octanol–water partition coefficient (Wildman–Crippen LogP) is 10.9. The van der Waals surface area contributed by atoms with E-state index in [0.29, 0.717) is 49.6 Å². The van der Waals surface area contributed by atoms with Crippen molar-refractivity contribution in [1.29, 1.82) is 0 Å². The lowest BCUT2D eigenvalue weighted by molar-refractivity contribution is 0.598. The number of sulfone groups is 1. The van der Waals surface area contributed by atoms with Crippen molar-refractivity contribution >= 4 is 31.8 Å². The van der Waals surface area contributed by atoms with Gasteiger partial charge >= 0.3 is 0 Å². The number of aromatic nitrogens is 3. The van der Waals surface area contributed by atoms with Crippen LogP contribution in [-0.2, 0) is 9.84 Å². The average Bonchev–Trinajstić information content (AvgIpc) is 3.70. The SMILES string of the molecule is O=S1(=O)c2ccccc2-c2cc(-c3cccc4oc5cccc(-c6nc(-c7ccccc7)nc(-c7ccc(-c8ccccc8)cc7)n6)c5c34)ccc21. The van der Waals surface area contributed by atoms with E-state index in [1.807, 2.05) is 121 Å². The lowest BCUT2D eigenvalue weighted by Crippen LogP contribution is -2.00. The Hall–Kier alpha value is -6.70. The zero-order valence-corrected chi connectivity index (χ0v) is 28.4. The topological polar surface area (TPSA) is 86.0 Å². The van der Waals surface area contributed by atoms with Crippen LogP contribution >= 0.6 is 0 Å². The van der Waals surface area contributed by atoms with Crippen molar-refractivity contribution in [2.24, 2.45) is 0 Å². The molecule has 0 saturated carbocycles. The van der Waals surface area contributed by atoms with E-state index in [-0.39, 0.29) is 0 Å². The third-order valence-electron chi connectivity index (χ3n) is 9.73. The highest BCUT2D eigenvalue weighted by molar-refractivity contribution is 7.92. The van der Waals surface area contributed by atoms with Gasteiger partial charge in [-0.25, -0.2) is 23.4 Å². The largest absolute Gasteiger partial charge is 0.456 e. The molecule has 0 saturated heterocycles. The first-order valence-electron chi connectivity index (χ1n) is 16.9. The second kappa shape index (κ2) is 11.7. The van der Waals surface area contributed by atoms with Gasteiger partial charge in [-0.3, -0.25) is 0 Å². The van der Waals surface area contributed by atoms with E-state index in [4.69, 9.17) is 19.4 Å². The summed E-state index contributed by atoms with van der Waals surface area (Å²) < 4.78 is 33.2. The molecule has 1 aliphatic rings. The summed E-state index contributed by atoms with van der Waals surface area (Å²) in [4.78, 5) is 15.8. The summed E-state index contributed by atoms with van der Waals surface area (Å²) in [7, 11) is -3.58. The molecule has 2 aromatic heterocycles. The fourth-order valence-electron chi connectivity index (χ4n) is 7.26. The van der Waals surface area contributed by atoms with Crippen molar-refractivity contribution in [2.75, 3.05) is 0 Å². The standard InChI is InChI=1S/C45H27N3O3S/c49-52(50)39-20-8-7-15-34(39)36-27-32(25-26-40(36)52)33-16-9-18-37-41(33)42-35(17-10-19-38(42)51-37)45-47-43(30-13-5-2-6-14-30)46-44(48-45)31-23-21-29(22-24-31)28-11-3-1-4-12-28/h1-27H. The number of furan rings is 1. The average molecular weight is 690 g/mol. The Morgan fingerprint density at radius 3 is 1.56 bits per heavy atom. The summed E-state index contributed by atoms with van der Waals surface area (Å²) in [5, 5.41) is 1.77. The van der Waals surface area contributed by atoms with Crippen LogP contribution in [0.2, 0.25) is 0 Å². The van der Waals surface area contributed by atoms with Crippen LogP contribution in [0, 0.1) is 0 Å². The monoisotopic (exact) mass is 689 g/mol. The molecule has 3 heterocycles. The summed E-state index contributed by atoms with van der Waals surface area (Å²) in [6.07, 6.45) is 0. The van der Waals surface area contributed by atoms with E-state index in [0.717, 1.165) is 49.7 Å². The maximum absolute atomic E-state index is 13.4. The van der Waals surface area contributed by atoms with Crippen LogP contribution in [0.4, 0.5) is 0 Å². The number of nitrogens with zero attached hydrogens (tertiary/aromatic N) is 3. The van der Waals surface area contributed by atoms with Gasteiger partial charge in [0.05, 0.1) is 9.79 Å². The van der Waals surface area contributed by atoms with Gasteiger partial charge in [0.25, 0.3) is 0 Å². The molecule has 246 valence electrons. The van der Waals surface area contributed by atoms with Gasteiger partial charge in [0.15, 0.2) is 17.5 Å². The predicted molar refractivity (Wildman–Crippen MR) is 205 cm³/mol. The second-order valence-corrected chi connectivity index (χ2v) is 14.7. The molecule has 6 nitrogen and oxygen atoms in total. The van der Waals surface area contributed by atoms with Gasteiger partial charge < -0.3 is 4.42 Å². The van der Waals surface area contributed by atoms with Crippen molar-refractivity contribution in [2.45, 2.75) is 9.79 Å². The van der Waals surface area contributed by atoms with E-state index in [2.05, 4.69) is 24.3 Å². The normalized spacial score (nSPS) is 12.9.